The zero-order chi connectivity index (χ0) is 95.8. The standard InChI is InChI=1S/C20H23S.C18H13S.C18H23S.C16H17OS.2C15H17S.C14H20OS.C12H15OS/c1-13-6-9-20(17-5-3-2-4-16(13)17)21-11-18-14-7-8-15(10-14)19(18)12-21;1-2-8-14(9-3-1)19-17-12-6-4-10-15(17)16-11-5-7-13-18(16)19;1-3-7-15-8-6-13-19(15)18-12-11-14(2)16-9-4-5-10-17(16)18;17-16(12-18-9-3-4-10-18)15-8-7-13-5-1-2-6-14(13)11-15;2*1-12-8-9-15(16-10-4-5-11-16)14-7-3-2-6-13(12)14;1-9-7-13(8-10(2)14(9)15)16-11(3)5-6-12(16)4;13-12(10-14-8-4-5-9-14)11-6-2-1-3-7-11/h2-6,9,14-15,18-19H,7-8,10-12H2,1H3;1-13H;4-5,9-12,15H,3,6-8,13H2,1-2H3;1-2,5-8,11H,3-4,9-10,12H2;2*2-3,6-9H,4-5,10-11H2,1H3;7-8,11-12H,5-6H2,1-4H3;1-3,6-7H,4-5,8-10H2/q6*+1;;+1/p+1. The van der Waals surface area contributed by atoms with Crippen LogP contribution in [-0.2, 0) is 76.3 Å². The number of ketones is 2. The molecule has 3 nitrogen and oxygen atoms in total. The van der Waals surface area contributed by atoms with E-state index < -0.39 is 0 Å². The summed E-state index contributed by atoms with van der Waals surface area (Å²) in [7, 11) is 3.25. The second-order valence-electron chi connectivity index (χ2n) is 40.2. The summed E-state index contributed by atoms with van der Waals surface area (Å²) in [5.41, 5.74) is 9.46. The Kier molecular flexibility index (Phi) is 34.9. The zero-order valence-corrected chi connectivity index (χ0v) is 90.3. The number of fused-ring (bicyclic) bond motifs is 13. The summed E-state index contributed by atoms with van der Waals surface area (Å²) in [5.74, 6) is 22.1. The van der Waals surface area contributed by atoms with Crippen molar-refractivity contribution < 1.29 is 14.7 Å². The number of Topliss-reactive ketones (excluding diaryl/α,β-unsaturated/α-hetero) is 2. The molecule has 25 rings (SSSR count). The van der Waals surface area contributed by atoms with Gasteiger partial charge in [0.1, 0.15) is 84.8 Å². The van der Waals surface area contributed by atoms with E-state index in [4.69, 9.17) is 0 Å². The van der Waals surface area contributed by atoms with E-state index in [2.05, 4.69) is 303 Å². The van der Waals surface area contributed by atoms with E-state index in [1.54, 1.807) is 26.0 Å². The number of hydrogen-bond donors (Lipinski definition) is 1. The van der Waals surface area contributed by atoms with Gasteiger partial charge < -0.3 is 5.11 Å². The molecule has 15 aromatic carbocycles. The SMILES string of the molecule is CCCC1CCC[S+]1c1ccc(C)c2ccccc12.Cc1cc([S+]2C(C)CCC2C)cc(C)c1O.Cc1ccc([S+]2CC3C4CCC(C4)C3C2)c2ccccc12.Cc1ccc([S+]2CCCC2)c2ccccc12.Cc1ccc([S+]2CCCC2)c2ccccc12.O=C(C[S+]1CCCC1)c1ccc2ccccc2c1.O=C(C[S+]1CCCC1)c1ccccc1.c1ccc(-[s+]2c3ccccc3c3ccccc32)cc1. The fourth-order valence-corrected chi connectivity index (χ4v) is 44.7. The van der Waals surface area contributed by atoms with Crippen molar-refractivity contribution in [1.29, 1.82) is 0 Å². The summed E-state index contributed by atoms with van der Waals surface area (Å²) >= 11 is 0. The fourth-order valence-electron chi connectivity index (χ4n) is 23.4. The Morgan fingerprint density at radius 3 is 1.14 bits per heavy atom. The number of phenols is 1. The van der Waals surface area contributed by atoms with Crippen LogP contribution in [-0.4, -0.2) is 107 Å². The van der Waals surface area contributed by atoms with Crippen LogP contribution >= 0.6 is 10.5 Å². The smallest absolute Gasteiger partial charge is 0.211 e. The summed E-state index contributed by atoms with van der Waals surface area (Å²) < 4.78 is 2.91. The van der Waals surface area contributed by atoms with Crippen molar-refractivity contribution in [3.8, 4) is 10.6 Å². The highest BCUT2D eigenvalue weighted by Crippen LogP contribution is 2.58. The number of thiophene rings is 1. The van der Waals surface area contributed by atoms with Crippen molar-refractivity contribution in [3.05, 3.63) is 354 Å². The molecule has 9 aliphatic rings. The molecule has 11 heteroatoms. The third-order valence-electron chi connectivity index (χ3n) is 30.8. The van der Waals surface area contributed by atoms with Crippen LogP contribution in [0.4, 0.5) is 0 Å². The van der Waals surface area contributed by atoms with Gasteiger partial charge >= 0.3 is 0 Å². The van der Waals surface area contributed by atoms with Gasteiger partial charge in [0, 0.05) is 120 Å². The molecule has 7 saturated heterocycles. The molecule has 2 bridgehead atoms. The van der Waals surface area contributed by atoms with Crippen molar-refractivity contribution in [2.75, 3.05) is 74.8 Å². The van der Waals surface area contributed by atoms with E-state index in [9.17, 15) is 14.7 Å². The first-order valence-corrected chi connectivity index (χ1v) is 64.2. The zero-order valence-electron chi connectivity index (χ0n) is 83.7. The van der Waals surface area contributed by atoms with Crippen molar-refractivity contribution in [1.82, 2.24) is 0 Å². The van der Waals surface area contributed by atoms with Crippen molar-refractivity contribution in [3.63, 3.8) is 0 Å². The van der Waals surface area contributed by atoms with E-state index in [0.29, 0.717) is 93.6 Å². The maximum Gasteiger partial charge on any atom is 0.211 e. The number of phenolic OH excluding ortho intramolecular Hbond substituents is 1. The average molecular weight is 1990 g/mol. The monoisotopic (exact) mass is 1990 g/mol. The lowest BCUT2D eigenvalue weighted by molar-refractivity contribution is 0.101. The van der Waals surface area contributed by atoms with Crippen molar-refractivity contribution in [2.45, 2.75) is 212 Å². The Labute approximate surface area is 854 Å². The molecule has 2 aliphatic carbocycles. The predicted molar refractivity (Wildman–Crippen MR) is 624 cm³/mol. The molecular formula is C128H146O3S8+8. The number of aryl methyl sites for hydroxylation is 6. The summed E-state index contributed by atoms with van der Waals surface area (Å²) in [4.78, 5) is 33.4. The van der Waals surface area contributed by atoms with Gasteiger partial charge in [0.15, 0.2) is 50.3 Å². The van der Waals surface area contributed by atoms with Crippen LogP contribution in [0, 0.1) is 65.2 Å². The molecule has 0 amide bonds. The Morgan fingerprint density at radius 2 is 0.691 bits per heavy atom. The summed E-state index contributed by atoms with van der Waals surface area (Å²) in [5, 5.41) is 29.4. The van der Waals surface area contributed by atoms with Crippen molar-refractivity contribution >= 4 is 172 Å². The Bertz CT molecular complexity index is 6660. The lowest BCUT2D eigenvalue weighted by Crippen LogP contribution is -2.19. The van der Waals surface area contributed by atoms with Gasteiger partial charge in [0.05, 0.1) is 0 Å². The largest absolute Gasteiger partial charge is 0.507 e. The quantitative estimate of drug-likeness (QED) is 0.0872. The van der Waals surface area contributed by atoms with Crippen LogP contribution in [0.1, 0.15) is 184 Å². The topological polar surface area (TPSA) is 54.4 Å². The normalized spacial score (nSPS) is 21.5. The van der Waals surface area contributed by atoms with Gasteiger partial charge in [0.2, 0.25) is 11.6 Å². The summed E-state index contributed by atoms with van der Waals surface area (Å²) in [6.07, 6.45) is 23.9. The molecule has 0 spiro atoms. The highest BCUT2D eigenvalue weighted by Gasteiger charge is 2.57. The molecule has 8 atom stereocenters. The van der Waals surface area contributed by atoms with Crippen LogP contribution in [0.2, 0.25) is 0 Å². The van der Waals surface area contributed by atoms with Crippen LogP contribution in [0.5, 0.6) is 5.75 Å². The number of carbonyl (C=O) groups is 2. The van der Waals surface area contributed by atoms with Gasteiger partial charge in [-0.2, -0.15) is 0 Å². The molecule has 1 N–H and O–H groups in total. The summed E-state index contributed by atoms with van der Waals surface area (Å²) in [6.45, 7) is 20.0. The number of hydrogen-bond acceptors (Lipinski definition) is 3. The van der Waals surface area contributed by atoms with Gasteiger partial charge in [-0.25, -0.2) is 0 Å². The molecule has 139 heavy (non-hydrogen) atoms. The maximum absolute atomic E-state index is 12.3. The minimum atomic E-state index is 0.0594. The van der Waals surface area contributed by atoms with E-state index in [0.717, 1.165) is 78.6 Å². The van der Waals surface area contributed by atoms with Gasteiger partial charge in [0.25, 0.3) is 0 Å². The molecule has 1 aromatic heterocycles. The molecule has 9 fully saturated rings. The van der Waals surface area contributed by atoms with Crippen LogP contribution < -0.4 is 0 Å². The van der Waals surface area contributed by atoms with E-state index >= 15 is 0 Å². The van der Waals surface area contributed by atoms with E-state index in [1.807, 2.05) is 68.4 Å². The lowest BCUT2D eigenvalue weighted by atomic mass is 9.82. The van der Waals surface area contributed by atoms with Gasteiger partial charge in [-0.1, -0.05) is 220 Å². The predicted octanol–water partition coefficient (Wildman–Crippen LogP) is 32.7. The molecular weight excluding hydrogens is 1840 g/mol. The van der Waals surface area contributed by atoms with Gasteiger partial charge in [-0.3, -0.25) is 9.59 Å². The highest BCUT2D eigenvalue weighted by atomic mass is 32.2. The first kappa shape index (κ1) is 101. The maximum atomic E-state index is 12.3. The van der Waals surface area contributed by atoms with Crippen LogP contribution in [0.3, 0.4) is 0 Å². The lowest BCUT2D eigenvalue weighted by Gasteiger charge is -2.19. The molecule has 7 aliphatic heterocycles. The van der Waals surface area contributed by atoms with Crippen LogP contribution in [0.15, 0.2) is 334 Å². The fraction of sp³-hybridized carbons (Fsp3) is 0.359. The van der Waals surface area contributed by atoms with Crippen molar-refractivity contribution in [2.24, 2.45) is 23.7 Å². The number of aromatic hydroxyl groups is 1. The minimum Gasteiger partial charge on any atom is -0.507 e. The Balaban J connectivity index is 0.000000106. The van der Waals surface area contributed by atoms with Crippen LogP contribution in [0.25, 0.3) is 78.9 Å². The number of carbonyl (C=O) groups excluding carboxylic acids is 2. The van der Waals surface area contributed by atoms with E-state index in [-0.39, 0.29) is 10.5 Å². The first-order chi connectivity index (χ1) is 68.0. The molecule has 2 saturated carbocycles. The molecule has 716 valence electrons. The third kappa shape index (κ3) is 23.9. The minimum absolute atomic E-state index is 0.0594. The number of rotatable bonds is 14. The second-order valence-corrected chi connectivity index (χ2v) is 58.6. The van der Waals surface area contributed by atoms with Gasteiger partial charge in [-0.05, 0) is 361 Å². The highest BCUT2D eigenvalue weighted by molar-refractivity contribution is 7.99. The average Bonchev–Trinajstić information content (AvgIpc) is 1.60. The van der Waals surface area contributed by atoms with Gasteiger partial charge in [-0.15, -0.1) is 0 Å². The molecule has 8 unspecified atom stereocenters. The molecule has 0 radical (unpaired) electrons. The Hall–Kier alpha value is -8.59. The Morgan fingerprint density at radius 1 is 0.317 bits per heavy atom. The summed E-state index contributed by atoms with van der Waals surface area (Å²) in [6, 6.07) is 111. The molecule has 8 heterocycles. The number of benzene rings is 15. The first-order valence-electron chi connectivity index (χ1n) is 52.0. The van der Waals surface area contributed by atoms with E-state index in [1.165, 1.54) is 267 Å². The third-order valence-corrected chi connectivity index (χ3v) is 51.5. The molecule has 16 aromatic rings. The second kappa shape index (κ2) is 48.2.